The topological polar surface area (TPSA) is 46.2 Å². The summed E-state index contributed by atoms with van der Waals surface area (Å²) in [5.41, 5.74) is 3.19. The summed E-state index contributed by atoms with van der Waals surface area (Å²) in [6, 6.07) is 23.1. The molecule has 0 fully saturated rings. The van der Waals surface area contributed by atoms with Crippen LogP contribution in [0.15, 0.2) is 85.4 Å². The lowest BCUT2D eigenvalue weighted by atomic mass is 10.0. The number of anilines is 1. The van der Waals surface area contributed by atoms with E-state index in [1.807, 2.05) is 42.5 Å². The van der Waals surface area contributed by atoms with Crippen molar-refractivity contribution >= 4 is 23.5 Å². The number of carbonyl (C=O) groups excluding carboxylic acids is 2. The van der Waals surface area contributed by atoms with Crippen molar-refractivity contribution in [3.05, 3.63) is 108 Å². The first-order chi connectivity index (χ1) is 12.2. The summed E-state index contributed by atoms with van der Waals surface area (Å²) in [5, 5.41) is 2.83. The fourth-order valence-corrected chi connectivity index (χ4v) is 2.46. The molecule has 0 saturated heterocycles. The van der Waals surface area contributed by atoms with Crippen molar-refractivity contribution < 1.29 is 9.59 Å². The van der Waals surface area contributed by atoms with Crippen LogP contribution < -0.4 is 5.32 Å². The Labute approximate surface area is 146 Å². The Morgan fingerprint density at radius 3 is 2.08 bits per heavy atom. The molecule has 0 radical (unpaired) electrons. The van der Waals surface area contributed by atoms with Gasteiger partial charge in [-0.2, -0.15) is 0 Å². The van der Waals surface area contributed by atoms with Gasteiger partial charge >= 0.3 is 0 Å². The van der Waals surface area contributed by atoms with E-state index < -0.39 is 0 Å². The summed E-state index contributed by atoms with van der Waals surface area (Å²) >= 11 is 0. The van der Waals surface area contributed by atoms with Gasteiger partial charge in [-0.15, -0.1) is 0 Å². The van der Waals surface area contributed by atoms with Crippen molar-refractivity contribution in [3.8, 4) is 0 Å². The van der Waals surface area contributed by atoms with Gasteiger partial charge in [-0.3, -0.25) is 9.59 Å². The van der Waals surface area contributed by atoms with Gasteiger partial charge in [0.15, 0.2) is 5.78 Å². The first kappa shape index (κ1) is 16.4. The van der Waals surface area contributed by atoms with Crippen molar-refractivity contribution in [1.29, 1.82) is 0 Å². The second-order valence-corrected chi connectivity index (χ2v) is 5.56. The van der Waals surface area contributed by atoms with Crippen molar-refractivity contribution in [3.63, 3.8) is 0 Å². The second-order valence-electron chi connectivity index (χ2n) is 5.56. The summed E-state index contributed by atoms with van der Waals surface area (Å²) < 4.78 is 0. The third kappa shape index (κ3) is 3.90. The maximum absolute atomic E-state index is 12.5. The van der Waals surface area contributed by atoms with Crippen molar-refractivity contribution in [1.82, 2.24) is 0 Å². The van der Waals surface area contributed by atoms with Crippen LogP contribution in [0, 0.1) is 0 Å². The second kappa shape index (κ2) is 7.41. The molecule has 3 aromatic rings. The van der Waals surface area contributed by atoms with Crippen LogP contribution in [0.4, 0.5) is 5.69 Å². The van der Waals surface area contributed by atoms with E-state index in [1.54, 1.807) is 42.5 Å². The highest BCUT2D eigenvalue weighted by atomic mass is 16.1. The number of nitrogens with one attached hydrogen (secondary N) is 1. The first-order valence-corrected chi connectivity index (χ1v) is 7.91. The van der Waals surface area contributed by atoms with Crippen LogP contribution in [0.3, 0.4) is 0 Å². The lowest BCUT2D eigenvalue weighted by molar-refractivity contribution is 0.102. The van der Waals surface area contributed by atoms with Gasteiger partial charge in [0.1, 0.15) is 0 Å². The van der Waals surface area contributed by atoms with E-state index in [-0.39, 0.29) is 11.7 Å². The van der Waals surface area contributed by atoms with Crippen molar-refractivity contribution in [2.24, 2.45) is 0 Å². The minimum absolute atomic E-state index is 0.106. The molecule has 3 heteroatoms. The van der Waals surface area contributed by atoms with E-state index in [0.717, 1.165) is 5.56 Å². The standard InChI is InChI=1S/C22H17NO2/c1-2-16-11-13-20(14-12-16)23-22(25)19-10-6-9-18(15-19)21(24)17-7-4-3-5-8-17/h2-15H,1H2,(H,23,25). The van der Waals surface area contributed by atoms with Gasteiger partial charge in [-0.25, -0.2) is 0 Å². The van der Waals surface area contributed by atoms with Crippen molar-refractivity contribution in [2.45, 2.75) is 0 Å². The zero-order valence-corrected chi connectivity index (χ0v) is 13.6. The number of benzene rings is 3. The monoisotopic (exact) mass is 327 g/mol. The molecule has 0 unspecified atom stereocenters. The Morgan fingerprint density at radius 2 is 1.40 bits per heavy atom. The highest BCUT2D eigenvalue weighted by molar-refractivity contribution is 6.11. The smallest absolute Gasteiger partial charge is 0.255 e. The van der Waals surface area contributed by atoms with Crippen LogP contribution in [-0.4, -0.2) is 11.7 Å². The summed E-state index contributed by atoms with van der Waals surface area (Å²) in [4.78, 5) is 24.9. The van der Waals surface area contributed by atoms with E-state index >= 15 is 0 Å². The Bertz CT molecular complexity index is 912. The lowest BCUT2D eigenvalue weighted by Gasteiger charge is -2.07. The van der Waals surface area contributed by atoms with Gasteiger partial charge in [0.05, 0.1) is 0 Å². The normalized spacial score (nSPS) is 10.1. The van der Waals surface area contributed by atoms with Gasteiger partial charge in [-0.05, 0) is 29.8 Å². The van der Waals surface area contributed by atoms with Crippen molar-refractivity contribution in [2.75, 3.05) is 5.32 Å². The van der Waals surface area contributed by atoms with Crippen LogP contribution in [0.2, 0.25) is 0 Å². The Morgan fingerprint density at radius 1 is 0.760 bits per heavy atom. The van der Waals surface area contributed by atoms with Gasteiger partial charge in [0.25, 0.3) is 5.91 Å². The number of ketones is 1. The van der Waals surface area contributed by atoms with E-state index in [9.17, 15) is 9.59 Å². The highest BCUT2D eigenvalue weighted by Crippen LogP contribution is 2.15. The molecule has 0 aliphatic rings. The zero-order valence-electron chi connectivity index (χ0n) is 13.6. The van der Waals surface area contributed by atoms with E-state index in [1.165, 1.54) is 0 Å². The molecule has 3 rings (SSSR count). The molecule has 3 nitrogen and oxygen atoms in total. The molecular formula is C22H17NO2. The molecule has 0 spiro atoms. The molecule has 0 aromatic heterocycles. The third-order valence-corrected chi connectivity index (χ3v) is 3.83. The lowest BCUT2D eigenvalue weighted by Crippen LogP contribution is -2.13. The fourth-order valence-electron chi connectivity index (χ4n) is 2.46. The molecule has 0 heterocycles. The number of amides is 1. The van der Waals surface area contributed by atoms with Crippen LogP contribution in [-0.2, 0) is 0 Å². The molecule has 0 saturated carbocycles. The zero-order chi connectivity index (χ0) is 17.6. The summed E-state index contributed by atoms with van der Waals surface area (Å²) in [6.07, 6.45) is 1.74. The SMILES string of the molecule is C=Cc1ccc(NC(=O)c2cccc(C(=O)c3ccccc3)c2)cc1. The molecular weight excluding hydrogens is 310 g/mol. The number of rotatable bonds is 5. The minimum Gasteiger partial charge on any atom is -0.322 e. The van der Waals surface area contributed by atoms with Gasteiger partial charge < -0.3 is 5.32 Å². The molecule has 0 atom stereocenters. The highest BCUT2D eigenvalue weighted by Gasteiger charge is 2.12. The predicted molar refractivity (Wildman–Crippen MR) is 101 cm³/mol. The summed E-state index contributed by atoms with van der Waals surface area (Å²) in [6.45, 7) is 3.70. The van der Waals surface area contributed by atoms with Gasteiger partial charge in [0, 0.05) is 22.4 Å². The Balaban J connectivity index is 1.79. The maximum Gasteiger partial charge on any atom is 0.255 e. The van der Waals surface area contributed by atoms with Gasteiger partial charge in [0.2, 0.25) is 0 Å². The summed E-state index contributed by atoms with van der Waals surface area (Å²) in [5.74, 6) is -0.361. The van der Waals surface area contributed by atoms with Crippen LogP contribution >= 0.6 is 0 Å². The fraction of sp³-hybridized carbons (Fsp3) is 0. The van der Waals surface area contributed by atoms with Gasteiger partial charge in [-0.1, -0.05) is 67.3 Å². The molecule has 1 amide bonds. The maximum atomic E-state index is 12.5. The van der Waals surface area contributed by atoms with Crippen LogP contribution in [0.5, 0.6) is 0 Å². The average Bonchev–Trinajstić information content (AvgIpc) is 2.68. The molecule has 1 N–H and O–H groups in total. The number of hydrogen-bond acceptors (Lipinski definition) is 2. The number of hydrogen-bond donors (Lipinski definition) is 1. The first-order valence-electron chi connectivity index (χ1n) is 7.91. The van der Waals surface area contributed by atoms with Crippen LogP contribution in [0.25, 0.3) is 6.08 Å². The summed E-state index contributed by atoms with van der Waals surface area (Å²) in [7, 11) is 0. The van der Waals surface area contributed by atoms with E-state index in [4.69, 9.17) is 0 Å². The predicted octanol–water partition coefficient (Wildman–Crippen LogP) is 4.81. The minimum atomic E-state index is -0.255. The van der Waals surface area contributed by atoms with Crippen LogP contribution in [0.1, 0.15) is 31.8 Å². The molecule has 122 valence electrons. The Hall–Kier alpha value is -3.46. The van der Waals surface area contributed by atoms with E-state index in [0.29, 0.717) is 22.4 Å². The molecule has 0 bridgehead atoms. The Kier molecular flexibility index (Phi) is 4.86. The van der Waals surface area contributed by atoms with E-state index in [2.05, 4.69) is 11.9 Å². The largest absolute Gasteiger partial charge is 0.322 e. The molecule has 3 aromatic carbocycles. The molecule has 0 aliphatic heterocycles. The average molecular weight is 327 g/mol. The number of carbonyl (C=O) groups is 2. The molecule has 0 aliphatic carbocycles. The third-order valence-electron chi connectivity index (χ3n) is 3.83. The molecule has 25 heavy (non-hydrogen) atoms. The quantitative estimate of drug-likeness (QED) is 0.683.